The second kappa shape index (κ2) is 7.82. The lowest BCUT2D eigenvalue weighted by atomic mass is 10.1. The number of benzene rings is 1. The molecular weight excluding hydrogens is 262 g/mol. The first kappa shape index (κ1) is 16.4. The van der Waals surface area contributed by atoms with Crippen molar-refractivity contribution in [2.24, 2.45) is 0 Å². The Morgan fingerprint density at radius 1 is 1.20 bits per heavy atom. The topological polar surface area (TPSA) is 32.3 Å². The maximum atomic E-state index is 13.8. The molecule has 112 valence electrons. The Morgan fingerprint density at radius 2 is 1.80 bits per heavy atom. The molecule has 0 aliphatic rings. The minimum Gasteiger partial charge on any atom is -0.381 e. The highest BCUT2D eigenvalue weighted by atomic mass is 19.1. The van der Waals surface area contributed by atoms with Crippen LogP contribution in [-0.4, -0.2) is 30.9 Å². The molecule has 0 spiro atoms. The Hall–Kier alpha value is -1.65. The number of halogens is 2. The van der Waals surface area contributed by atoms with Crippen molar-refractivity contribution in [2.45, 2.75) is 33.1 Å². The average Bonchev–Trinajstić information content (AvgIpc) is 2.42. The number of carbonyl (C=O) groups excluding carboxylic acids is 1. The zero-order valence-electron chi connectivity index (χ0n) is 12.3. The van der Waals surface area contributed by atoms with Gasteiger partial charge in [-0.25, -0.2) is 8.78 Å². The number of hydrogen-bond acceptors (Lipinski definition) is 2. The van der Waals surface area contributed by atoms with Crippen molar-refractivity contribution in [1.82, 2.24) is 4.90 Å². The van der Waals surface area contributed by atoms with E-state index in [2.05, 4.69) is 12.2 Å². The third-order valence-electron chi connectivity index (χ3n) is 3.09. The van der Waals surface area contributed by atoms with Crippen molar-refractivity contribution in [2.75, 3.05) is 25.5 Å². The van der Waals surface area contributed by atoms with Gasteiger partial charge in [0.15, 0.2) is 0 Å². The summed E-state index contributed by atoms with van der Waals surface area (Å²) in [5, 5.41) is 2.61. The molecule has 0 heterocycles. The molecule has 1 aromatic carbocycles. The number of rotatable bonds is 7. The van der Waals surface area contributed by atoms with Gasteiger partial charge in [0.2, 0.25) is 0 Å². The van der Waals surface area contributed by atoms with Crippen molar-refractivity contribution in [3.8, 4) is 0 Å². The highest BCUT2D eigenvalue weighted by molar-refractivity contribution is 5.94. The summed E-state index contributed by atoms with van der Waals surface area (Å²) in [5.41, 5.74) is -0.140. The van der Waals surface area contributed by atoms with Gasteiger partial charge in [0.25, 0.3) is 5.91 Å². The van der Waals surface area contributed by atoms with Gasteiger partial charge in [0, 0.05) is 25.7 Å². The number of unbranched alkanes of at least 4 members (excludes halogenated alkanes) is 2. The van der Waals surface area contributed by atoms with Gasteiger partial charge in [-0.05, 0) is 25.5 Å². The number of nitrogens with zero attached hydrogens (tertiary/aromatic N) is 1. The summed E-state index contributed by atoms with van der Waals surface area (Å²) < 4.78 is 27.5. The highest BCUT2D eigenvalue weighted by Crippen LogP contribution is 2.21. The first-order chi connectivity index (χ1) is 9.51. The maximum Gasteiger partial charge on any atom is 0.253 e. The van der Waals surface area contributed by atoms with Gasteiger partial charge in [0.05, 0.1) is 0 Å². The molecule has 0 aliphatic carbocycles. The summed E-state index contributed by atoms with van der Waals surface area (Å²) in [6.45, 7) is 4.83. The SMILES string of the molecule is CCCCCN(C)C(=O)c1cc(F)c(NCC)c(F)c1. The van der Waals surface area contributed by atoms with Crippen LogP contribution in [0.15, 0.2) is 12.1 Å². The summed E-state index contributed by atoms with van der Waals surface area (Å²) in [6, 6.07) is 2.17. The summed E-state index contributed by atoms with van der Waals surface area (Å²) in [5.74, 6) is -1.84. The predicted molar refractivity (Wildman–Crippen MR) is 77.0 cm³/mol. The Kier molecular flexibility index (Phi) is 6.42. The molecule has 1 N–H and O–H groups in total. The van der Waals surface area contributed by atoms with Crippen LogP contribution in [0.1, 0.15) is 43.5 Å². The second-order valence-corrected chi connectivity index (χ2v) is 4.78. The van der Waals surface area contributed by atoms with E-state index in [-0.39, 0.29) is 17.2 Å². The lowest BCUT2D eigenvalue weighted by Gasteiger charge is -2.17. The Bertz CT molecular complexity index is 440. The molecule has 1 rings (SSSR count). The molecule has 0 unspecified atom stereocenters. The van der Waals surface area contributed by atoms with Gasteiger partial charge in [-0.1, -0.05) is 19.8 Å². The average molecular weight is 284 g/mol. The molecule has 3 nitrogen and oxygen atoms in total. The van der Waals surface area contributed by atoms with E-state index in [9.17, 15) is 13.6 Å². The molecule has 0 aromatic heterocycles. The van der Waals surface area contributed by atoms with Crippen molar-refractivity contribution in [3.63, 3.8) is 0 Å². The fraction of sp³-hybridized carbons (Fsp3) is 0.533. The second-order valence-electron chi connectivity index (χ2n) is 4.78. The van der Waals surface area contributed by atoms with E-state index < -0.39 is 11.6 Å². The van der Waals surface area contributed by atoms with E-state index in [4.69, 9.17) is 0 Å². The largest absolute Gasteiger partial charge is 0.381 e. The molecule has 0 atom stereocenters. The van der Waals surface area contributed by atoms with E-state index in [0.29, 0.717) is 13.1 Å². The Balaban J connectivity index is 2.83. The van der Waals surface area contributed by atoms with Crippen molar-refractivity contribution in [3.05, 3.63) is 29.3 Å². The van der Waals surface area contributed by atoms with E-state index in [0.717, 1.165) is 31.4 Å². The summed E-state index contributed by atoms with van der Waals surface area (Å²) >= 11 is 0. The van der Waals surface area contributed by atoms with Crippen LogP contribution >= 0.6 is 0 Å². The predicted octanol–water partition coefficient (Wildman–Crippen LogP) is 3.66. The summed E-state index contributed by atoms with van der Waals surface area (Å²) in [6.07, 6.45) is 2.97. The summed E-state index contributed by atoms with van der Waals surface area (Å²) in [7, 11) is 1.64. The van der Waals surface area contributed by atoms with Gasteiger partial charge in [-0.3, -0.25) is 4.79 Å². The molecule has 20 heavy (non-hydrogen) atoms. The van der Waals surface area contributed by atoms with E-state index in [1.165, 1.54) is 4.90 Å². The van der Waals surface area contributed by atoms with E-state index >= 15 is 0 Å². The van der Waals surface area contributed by atoms with Crippen LogP contribution in [0.3, 0.4) is 0 Å². The third-order valence-corrected chi connectivity index (χ3v) is 3.09. The molecule has 0 radical (unpaired) electrons. The standard InChI is InChI=1S/C15H22F2N2O/c1-4-6-7-8-19(3)15(20)11-9-12(16)14(18-5-2)13(17)10-11/h9-10,18H,4-8H2,1-3H3. The number of carbonyl (C=O) groups is 1. The van der Waals surface area contributed by atoms with Gasteiger partial charge >= 0.3 is 0 Å². The van der Waals surface area contributed by atoms with Crippen molar-refractivity contribution in [1.29, 1.82) is 0 Å². The first-order valence-electron chi connectivity index (χ1n) is 6.99. The lowest BCUT2D eigenvalue weighted by Crippen LogP contribution is -2.28. The fourth-order valence-corrected chi connectivity index (χ4v) is 1.96. The number of anilines is 1. The van der Waals surface area contributed by atoms with Gasteiger partial charge in [0.1, 0.15) is 17.3 Å². The van der Waals surface area contributed by atoms with Crippen LogP contribution < -0.4 is 5.32 Å². The highest BCUT2D eigenvalue weighted by Gasteiger charge is 2.17. The first-order valence-corrected chi connectivity index (χ1v) is 6.99. The van der Waals surface area contributed by atoms with Crippen LogP contribution in [0, 0.1) is 11.6 Å². The van der Waals surface area contributed by atoms with Crippen LogP contribution in [-0.2, 0) is 0 Å². The molecule has 1 aromatic rings. The normalized spacial score (nSPS) is 10.4. The number of nitrogens with one attached hydrogen (secondary N) is 1. The maximum absolute atomic E-state index is 13.8. The number of hydrogen-bond donors (Lipinski definition) is 1. The number of amides is 1. The Morgan fingerprint density at radius 3 is 2.30 bits per heavy atom. The van der Waals surface area contributed by atoms with Crippen LogP contribution in [0.2, 0.25) is 0 Å². The molecule has 0 aliphatic heterocycles. The zero-order chi connectivity index (χ0) is 15.1. The van der Waals surface area contributed by atoms with Crippen LogP contribution in [0.5, 0.6) is 0 Å². The van der Waals surface area contributed by atoms with E-state index in [1.807, 2.05) is 0 Å². The fourth-order valence-electron chi connectivity index (χ4n) is 1.96. The van der Waals surface area contributed by atoms with Gasteiger partial charge < -0.3 is 10.2 Å². The van der Waals surface area contributed by atoms with E-state index in [1.54, 1.807) is 14.0 Å². The molecule has 5 heteroatoms. The molecule has 1 amide bonds. The van der Waals surface area contributed by atoms with Crippen LogP contribution in [0.25, 0.3) is 0 Å². The van der Waals surface area contributed by atoms with Crippen LogP contribution in [0.4, 0.5) is 14.5 Å². The molecule has 0 bridgehead atoms. The van der Waals surface area contributed by atoms with Crippen molar-refractivity contribution >= 4 is 11.6 Å². The molecule has 0 saturated heterocycles. The monoisotopic (exact) mass is 284 g/mol. The third kappa shape index (κ3) is 4.18. The molecular formula is C15H22F2N2O. The smallest absolute Gasteiger partial charge is 0.253 e. The minimum atomic E-state index is -0.739. The minimum absolute atomic E-state index is 0.0423. The molecule has 0 fully saturated rings. The van der Waals surface area contributed by atoms with Crippen molar-refractivity contribution < 1.29 is 13.6 Å². The summed E-state index contributed by atoms with van der Waals surface area (Å²) in [4.78, 5) is 13.6. The molecule has 0 saturated carbocycles. The van der Waals surface area contributed by atoms with Gasteiger partial charge in [-0.2, -0.15) is 0 Å². The quantitative estimate of drug-likeness (QED) is 0.775. The lowest BCUT2D eigenvalue weighted by molar-refractivity contribution is 0.0791. The van der Waals surface area contributed by atoms with Gasteiger partial charge in [-0.15, -0.1) is 0 Å². The Labute approximate surface area is 119 Å². The zero-order valence-corrected chi connectivity index (χ0v) is 12.3.